The van der Waals surface area contributed by atoms with Crippen molar-refractivity contribution in [3.63, 3.8) is 0 Å². The topological polar surface area (TPSA) is 96.9 Å². The summed E-state index contributed by atoms with van der Waals surface area (Å²) in [5, 5.41) is 12.2. The van der Waals surface area contributed by atoms with Gasteiger partial charge in [0, 0.05) is 12.2 Å². The van der Waals surface area contributed by atoms with Crippen molar-refractivity contribution in [2.45, 2.75) is 38.4 Å². The number of alkyl halides is 1. The van der Waals surface area contributed by atoms with E-state index >= 15 is 0 Å². The van der Waals surface area contributed by atoms with Crippen LogP contribution in [0.4, 0.5) is 4.39 Å². The summed E-state index contributed by atoms with van der Waals surface area (Å²) >= 11 is 0. The van der Waals surface area contributed by atoms with E-state index in [1.807, 2.05) is 6.92 Å². The Hall–Kier alpha value is -2.67. The van der Waals surface area contributed by atoms with E-state index in [0.29, 0.717) is 12.2 Å². The second-order valence-corrected chi connectivity index (χ2v) is 6.57. The molecule has 1 aromatic rings. The molecule has 7 heteroatoms. The summed E-state index contributed by atoms with van der Waals surface area (Å²) in [6.45, 7) is 5.30. The number of ether oxygens (including phenoxy) is 1. The lowest BCUT2D eigenvalue weighted by molar-refractivity contribution is -0.132. The van der Waals surface area contributed by atoms with Crippen molar-refractivity contribution in [2.75, 3.05) is 13.2 Å². The number of halogens is 1. The van der Waals surface area contributed by atoms with Crippen molar-refractivity contribution < 1.29 is 19.0 Å². The molecule has 0 bridgehead atoms. The second-order valence-electron chi connectivity index (χ2n) is 6.57. The zero-order valence-corrected chi connectivity index (χ0v) is 15.5. The summed E-state index contributed by atoms with van der Waals surface area (Å²) in [6.07, 6.45) is 4.20. The molecule has 146 valence electrons. The van der Waals surface area contributed by atoms with Gasteiger partial charge in [0.15, 0.2) is 5.70 Å². The fourth-order valence-electron chi connectivity index (χ4n) is 2.86. The molecule has 1 aliphatic rings. The predicted molar refractivity (Wildman–Crippen MR) is 103 cm³/mol. The lowest BCUT2D eigenvalue weighted by atomic mass is 9.97. The molecule has 0 amide bonds. The van der Waals surface area contributed by atoms with Gasteiger partial charge >= 0.3 is 5.97 Å². The van der Waals surface area contributed by atoms with Gasteiger partial charge < -0.3 is 20.9 Å². The van der Waals surface area contributed by atoms with Crippen LogP contribution in [0.1, 0.15) is 36.5 Å². The molecule has 1 fully saturated rings. The van der Waals surface area contributed by atoms with Crippen molar-refractivity contribution in [3.8, 4) is 0 Å². The second kappa shape index (κ2) is 9.87. The van der Waals surface area contributed by atoms with Crippen LogP contribution in [-0.2, 0) is 9.53 Å². The molecule has 2 rings (SSSR count). The minimum absolute atomic E-state index is 0.0112. The van der Waals surface area contributed by atoms with Crippen molar-refractivity contribution >= 4 is 11.8 Å². The molecule has 1 saturated heterocycles. The first-order chi connectivity index (χ1) is 12.9. The van der Waals surface area contributed by atoms with Crippen LogP contribution in [0.5, 0.6) is 0 Å². The van der Waals surface area contributed by atoms with Crippen molar-refractivity contribution in [3.05, 3.63) is 59.4 Å². The molecule has 0 saturated carbocycles. The van der Waals surface area contributed by atoms with Crippen LogP contribution in [0.15, 0.2) is 53.3 Å². The normalized spacial score (nSPS) is 21.0. The number of amidine groups is 1. The predicted octanol–water partition coefficient (Wildman–Crippen LogP) is 3.00. The summed E-state index contributed by atoms with van der Waals surface area (Å²) in [7, 11) is 0. The molecule has 6 nitrogen and oxygen atoms in total. The third kappa shape index (κ3) is 6.53. The van der Waals surface area contributed by atoms with E-state index in [1.54, 1.807) is 0 Å². The summed E-state index contributed by atoms with van der Waals surface area (Å²) in [4.78, 5) is 14.7. The Morgan fingerprint density at radius 3 is 2.78 bits per heavy atom. The van der Waals surface area contributed by atoms with Gasteiger partial charge in [-0.1, -0.05) is 36.4 Å². The maximum atomic E-state index is 12.4. The van der Waals surface area contributed by atoms with Gasteiger partial charge in [-0.05, 0) is 37.8 Å². The Morgan fingerprint density at radius 1 is 1.44 bits per heavy atom. The fraction of sp³-hybridized carbons (Fsp3) is 0.400. The maximum Gasteiger partial charge on any atom is 0.354 e. The highest BCUT2D eigenvalue weighted by atomic mass is 19.1. The van der Waals surface area contributed by atoms with Gasteiger partial charge in [-0.2, -0.15) is 0 Å². The smallest absolute Gasteiger partial charge is 0.354 e. The first-order valence-electron chi connectivity index (χ1n) is 8.88. The Morgan fingerprint density at radius 2 is 2.15 bits per heavy atom. The number of hydrogen-bond donors (Lipinski definition) is 3. The van der Waals surface area contributed by atoms with Crippen molar-refractivity contribution in [2.24, 2.45) is 10.7 Å². The number of aliphatic carboxylic acids is 1. The molecular weight excluding hydrogens is 349 g/mol. The SMILES string of the molecule is C=C(/C=C(\N=C(/N)CF)C(=O)O)NC[C@H]1CCC[C@@H](c2ccc(C)cc2)O1. The highest BCUT2D eigenvalue weighted by molar-refractivity contribution is 5.92. The third-order valence-electron chi connectivity index (χ3n) is 4.29. The van der Waals surface area contributed by atoms with E-state index in [1.165, 1.54) is 11.6 Å². The van der Waals surface area contributed by atoms with Gasteiger partial charge in [0.1, 0.15) is 12.5 Å². The maximum absolute atomic E-state index is 12.4. The molecule has 27 heavy (non-hydrogen) atoms. The molecule has 1 aromatic carbocycles. The molecule has 0 spiro atoms. The molecule has 1 aliphatic heterocycles. The molecule has 4 N–H and O–H groups in total. The first-order valence-corrected chi connectivity index (χ1v) is 8.88. The Labute approximate surface area is 158 Å². The highest BCUT2D eigenvalue weighted by Crippen LogP contribution is 2.31. The summed E-state index contributed by atoms with van der Waals surface area (Å²) < 4.78 is 18.6. The number of nitrogens with two attached hydrogens (primary N) is 1. The third-order valence-corrected chi connectivity index (χ3v) is 4.29. The van der Waals surface area contributed by atoms with Gasteiger partial charge in [-0.3, -0.25) is 0 Å². The first kappa shape index (κ1) is 20.6. The molecule has 0 radical (unpaired) electrons. The number of allylic oxidation sites excluding steroid dienone is 1. The van der Waals surface area contributed by atoms with Gasteiger partial charge in [0.05, 0.1) is 12.2 Å². The van der Waals surface area contributed by atoms with Crippen LogP contribution in [-0.4, -0.2) is 36.2 Å². The average Bonchev–Trinajstić information content (AvgIpc) is 2.66. The standard InChI is InChI=1S/C20H26FN3O3/c1-13-6-8-15(9-7-13)18-5-3-4-16(27-18)12-23-14(2)10-17(20(25)26)24-19(22)11-21/h6-10,16,18,23H,2-5,11-12H2,1H3,(H2,22,24)(H,25,26)/b17-10-/t16-,18+/m1/s1. The van der Waals surface area contributed by atoms with E-state index in [2.05, 4.69) is 41.2 Å². The van der Waals surface area contributed by atoms with Crippen LogP contribution in [0.3, 0.4) is 0 Å². The molecular formula is C20H26FN3O3. The number of nitrogens with one attached hydrogen (secondary N) is 1. The number of rotatable bonds is 8. The largest absolute Gasteiger partial charge is 0.477 e. The zero-order valence-electron chi connectivity index (χ0n) is 15.5. The van der Waals surface area contributed by atoms with Crippen molar-refractivity contribution in [1.29, 1.82) is 0 Å². The fourth-order valence-corrected chi connectivity index (χ4v) is 2.86. The minimum atomic E-state index is -1.30. The number of aryl methyl sites for hydroxylation is 1. The molecule has 0 unspecified atom stereocenters. The molecule has 1 heterocycles. The number of hydrogen-bond acceptors (Lipinski definition) is 4. The average molecular weight is 375 g/mol. The van der Waals surface area contributed by atoms with Crippen LogP contribution < -0.4 is 11.1 Å². The number of nitrogens with zero attached hydrogens (tertiary/aromatic N) is 1. The van der Waals surface area contributed by atoms with Crippen LogP contribution >= 0.6 is 0 Å². The van der Waals surface area contributed by atoms with E-state index in [9.17, 15) is 9.18 Å². The highest BCUT2D eigenvalue weighted by Gasteiger charge is 2.23. The summed E-state index contributed by atoms with van der Waals surface area (Å²) in [6, 6.07) is 8.32. The van der Waals surface area contributed by atoms with Crippen LogP contribution in [0.25, 0.3) is 0 Å². The zero-order chi connectivity index (χ0) is 19.8. The van der Waals surface area contributed by atoms with E-state index < -0.39 is 18.5 Å². The molecule has 0 aromatic heterocycles. The lowest BCUT2D eigenvalue weighted by Crippen LogP contribution is -2.32. The molecule has 2 atom stereocenters. The molecule has 0 aliphatic carbocycles. The van der Waals surface area contributed by atoms with Crippen molar-refractivity contribution in [1.82, 2.24) is 5.32 Å². The van der Waals surface area contributed by atoms with E-state index in [-0.39, 0.29) is 17.9 Å². The number of carboxylic acid groups (broad SMARTS) is 1. The van der Waals surface area contributed by atoms with Gasteiger partial charge in [0.2, 0.25) is 0 Å². The van der Waals surface area contributed by atoms with Gasteiger partial charge in [-0.15, -0.1) is 0 Å². The van der Waals surface area contributed by atoms with Crippen LogP contribution in [0.2, 0.25) is 0 Å². The summed E-state index contributed by atoms with van der Waals surface area (Å²) in [5.74, 6) is -1.70. The monoisotopic (exact) mass is 375 g/mol. The van der Waals surface area contributed by atoms with E-state index in [0.717, 1.165) is 24.8 Å². The van der Waals surface area contributed by atoms with E-state index in [4.69, 9.17) is 15.6 Å². The Balaban J connectivity index is 1.92. The van der Waals surface area contributed by atoms with Crippen LogP contribution in [0, 0.1) is 6.92 Å². The number of carbonyl (C=O) groups is 1. The number of aliphatic imine (C=N–C) groups is 1. The van der Waals surface area contributed by atoms with Gasteiger partial charge in [-0.25, -0.2) is 14.2 Å². The van der Waals surface area contributed by atoms with Gasteiger partial charge in [0.25, 0.3) is 0 Å². The minimum Gasteiger partial charge on any atom is -0.477 e. The number of carboxylic acids is 1. The Bertz CT molecular complexity index is 728. The Kier molecular flexibility index (Phi) is 7.55. The lowest BCUT2D eigenvalue weighted by Gasteiger charge is -2.31. The number of benzene rings is 1. The quantitative estimate of drug-likeness (QED) is 0.281. The summed E-state index contributed by atoms with van der Waals surface area (Å²) in [5.41, 5.74) is 7.61.